The van der Waals surface area contributed by atoms with Crippen LogP contribution in [0, 0.1) is 5.92 Å². The molecule has 0 radical (unpaired) electrons. The van der Waals surface area contributed by atoms with Crippen LogP contribution in [0.4, 0.5) is 0 Å². The Labute approximate surface area is 128 Å². The van der Waals surface area contributed by atoms with Crippen LogP contribution >= 0.6 is 0 Å². The van der Waals surface area contributed by atoms with Crippen molar-refractivity contribution < 1.29 is 14.6 Å². The Kier molecular flexibility index (Phi) is 6.45. The smallest absolute Gasteiger partial charge is 0.237 e. The number of nitrogens with one attached hydrogen (secondary N) is 1. The standard InChI is InChI=1S/C16H30N2O3/c1-12(16(20)17-9-11-21-2)18-10-4-3-7-14(18)13-6-5-8-15(13)19/h12-15,19H,3-11H2,1-2H3,(H,17,20). The van der Waals surface area contributed by atoms with Gasteiger partial charge in [0.25, 0.3) is 0 Å². The molecule has 0 aromatic rings. The highest BCUT2D eigenvalue weighted by molar-refractivity contribution is 5.81. The van der Waals surface area contributed by atoms with Gasteiger partial charge in [0.2, 0.25) is 5.91 Å². The number of ether oxygens (including phenoxy) is 1. The summed E-state index contributed by atoms with van der Waals surface area (Å²) in [6.45, 7) is 4.06. The van der Waals surface area contributed by atoms with E-state index in [2.05, 4.69) is 10.2 Å². The molecular weight excluding hydrogens is 268 g/mol. The lowest BCUT2D eigenvalue weighted by atomic mass is 9.86. The van der Waals surface area contributed by atoms with Crippen molar-refractivity contribution in [2.24, 2.45) is 5.92 Å². The molecule has 0 bridgehead atoms. The van der Waals surface area contributed by atoms with E-state index in [9.17, 15) is 9.90 Å². The van der Waals surface area contributed by atoms with E-state index in [1.807, 2.05) is 6.92 Å². The minimum Gasteiger partial charge on any atom is -0.393 e. The number of carbonyl (C=O) groups excluding carboxylic acids is 1. The van der Waals surface area contributed by atoms with Gasteiger partial charge in [-0.25, -0.2) is 0 Å². The van der Waals surface area contributed by atoms with Gasteiger partial charge in [0.1, 0.15) is 0 Å². The molecule has 5 heteroatoms. The summed E-state index contributed by atoms with van der Waals surface area (Å²) < 4.78 is 4.97. The fraction of sp³-hybridized carbons (Fsp3) is 0.938. The van der Waals surface area contributed by atoms with Gasteiger partial charge in [-0.2, -0.15) is 0 Å². The second kappa shape index (κ2) is 8.11. The highest BCUT2D eigenvalue weighted by Crippen LogP contribution is 2.35. The van der Waals surface area contributed by atoms with Gasteiger partial charge in [-0.05, 0) is 39.2 Å². The Morgan fingerprint density at radius 1 is 1.33 bits per heavy atom. The van der Waals surface area contributed by atoms with Crippen LogP contribution in [0.1, 0.15) is 45.4 Å². The number of aliphatic hydroxyl groups excluding tert-OH is 1. The maximum Gasteiger partial charge on any atom is 0.237 e. The van der Waals surface area contributed by atoms with Crippen molar-refractivity contribution in [2.45, 2.75) is 63.6 Å². The van der Waals surface area contributed by atoms with Crippen LogP contribution in [-0.2, 0) is 9.53 Å². The summed E-state index contributed by atoms with van der Waals surface area (Å²) >= 11 is 0. The first-order valence-electron chi connectivity index (χ1n) is 8.35. The van der Waals surface area contributed by atoms with Gasteiger partial charge in [0.05, 0.1) is 18.8 Å². The average Bonchev–Trinajstić information content (AvgIpc) is 2.92. The molecule has 2 fully saturated rings. The second-order valence-electron chi connectivity index (χ2n) is 6.42. The second-order valence-corrected chi connectivity index (χ2v) is 6.42. The van der Waals surface area contributed by atoms with Crippen molar-refractivity contribution in [2.75, 3.05) is 26.8 Å². The summed E-state index contributed by atoms with van der Waals surface area (Å²) in [6.07, 6.45) is 6.42. The van der Waals surface area contributed by atoms with Crippen molar-refractivity contribution in [1.82, 2.24) is 10.2 Å². The van der Waals surface area contributed by atoms with Gasteiger partial charge >= 0.3 is 0 Å². The first kappa shape index (κ1) is 16.7. The first-order chi connectivity index (χ1) is 10.1. The van der Waals surface area contributed by atoms with Crippen LogP contribution in [0.15, 0.2) is 0 Å². The number of hydrogen-bond donors (Lipinski definition) is 2. The van der Waals surface area contributed by atoms with Crippen molar-refractivity contribution in [3.8, 4) is 0 Å². The average molecular weight is 298 g/mol. The Hall–Kier alpha value is -0.650. The molecule has 4 atom stereocenters. The molecule has 1 aliphatic carbocycles. The number of aliphatic hydroxyl groups is 1. The van der Waals surface area contributed by atoms with E-state index in [1.54, 1.807) is 7.11 Å². The molecule has 1 heterocycles. The normalized spacial score (nSPS) is 32.0. The van der Waals surface area contributed by atoms with Crippen LogP contribution in [0.2, 0.25) is 0 Å². The van der Waals surface area contributed by atoms with Crippen molar-refractivity contribution in [3.63, 3.8) is 0 Å². The number of rotatable bonds is 6. The predicted molar refractivity (Wildman–Crippen MR) is 82.0 cm³/mol. The van der Waals surface area contributed by atoms with Gasteiger partial charge in [0, 0.05) is 25.6 Å². The van der Waals surface area contributed by atoms with Crippen molar-refractivity contribution in [3.05, 3.63) is 0 Å². The number of hydrogen-bond acceptors (Lipinski definition) is 4. The number of carbonyl (C=O) groups is 1. The van der Waals surface area contributed by atoms with E-state index >= 15 is 0 Å². The molecule has 1 amide bonds. The quantitative estimate of drug-likeness (QED) is 0.722. The monoisotopic (exact) mass is 298 g/mol. The molecule has 0 spiro atoms. The van der Waals surface area contributed by atoms with E-state index in [4.69, 9.17) is 4.74 Å². The highest BCUT2D eigenvalue weighted by atomic mass is 16.5. The van der Waals surface area contributed by atoms with Gasteiger partial charge < -0.3 is 15.2 Å². The Morgan fingerprint density at radius 2 is 2.14 bits per heavy atom. The summed E-state index contributed by atoms with van der Waals surface area (Å²) in [5.41, 5.74) is 0. The zero-order chi connectivity index (χ0) is 15.2. The molecule has 21 heavy (non-hydrogen) atoms. The third-order valence-corrected chi connectivity index (χ3v) is 5.10. The Morgan fingerprint density at radius 3 is 2.81 bits per heavy atom. The van der Waals surface area contributed by atoms with Crippen molar-refractivity contribution >= 4 is 5.91 Å². The molecular formula is C16H30N2O3. The van der Waals surface area contributed by atoms with E-state index in [0.29, 0.717) is 25.1 Å². The van der Waals surface area contributed by atoms with Crippen LogP contribution in [0.25, 0.3) is 0 Å². The molecule has 0 aromatic carbocycles. The number of methoxy groups -OCH3 is 1. The minimum atomic E-state index is -0.181. The van der Waals surface area contributed by atoms with Crippen molar-refractivity contribution in [1.29, 1.82) is 0 Å². The van der Waals surface area contributed by atoms with E-state index in [1.165, 1.54) is 6.42 Å². The SMILES string of the molecule is COCCNC(=O)C(C)N1CCCCC1C1CCCC1O. The van der Waals surface area contributed by atoms with Crippen LogP contribution in [0.5, 0.6) is 0 Å². The molecule has 1 saturated carbocycles. The van der Waals surface area contributed by atoms with Gasteiger partial charge in [0.15, 0.2) is 0 Å². The topological polar surface area (TPSA) is 61.8 Å². The number of nitrogens with zero attached hydrogens (tertiary/aromatic N) is 1. The molecule has 2 rings (SSSR count). The Balaban J connectivity index is 1.95. The molecule has 0 aromatic heterocycles. The predicted octanol–water partition coefficient (Wildman–Crippen LogP) is 1.15. The fourth-order valence-electron chi connectivity index (χ4n) is 3.91. The maximum atomic E-state index is 12.3. The third-order valence-electron chi connectivity index (χ3n) is 5.10. The lowest BCUT2D eigenvalue weighted by molar-refractivity contribution is -0.128. The largest absolute Gasteiger partial charge is 0.393 e. The summed E-state index contributed by atoms with van der Waals surface area (Å²) in [5, 5.41) is 13.1. The number of piperidine rings is 1. The van der Waals surface area contributed by atoms with Gasteiger partial charge in [-0.15, -0.1) is 0 Å². The van der Waals surface area contributed by atoms with Crippen LogP contribution < -0.4 is 5.32 Å². The Bertz CT molecular complexity index is 337. The molecule has 4 unspecified atom stereocenters. The van der Waals surface area contributed by atoms with Crippen LogP contribution in [-0.4, -0.2) is 60.9 Å². The molecule has 2 aliphatic rings. The summed E-state index contributed by atoms with van der Waals surface area (Å²) in [6, 6.07) is 0.236. The highest BCUT2D eigenvalue weighted by Gasteiger charge is 2.39. The lowest BCUT2D eigenvalue weighted by Crippen LogP contribution is -2.55. The third kappa shape index (κ3) is 4.18. The van der Waals surface area contributed by atoms with Crippen LogP contribution in [0.3, 0.4) is 0 Å². The number of likely N-dealkylation sites (tertiary alicyclic amines) is 1. The fourth-order valence-corrected chi connectivity index (χ4v) is 3.91. The summed E-state index contributed by atoms with van der Waals surface area (Å²) in [4.78, 5) is 14.6. The van der Waals surface area contributed by atoms with Gasteiger partial charge in [-0.3, -0.25) is 9.69 Å². The molecule has 2 N–H and O–H groups in total. The lowest BCUT2D eigenvalue weighted by Gasteiger charge is -2.43. The first-order valence-corrected chi connectivity index (χ1v) is 8.35. The number of amides is 1. The zero-order valence-electron chi connectivity index (χ0n) is 13.4. The maximum absolute atomic E-state index is 12.3. The summed E-state index contributed by atoms with van der Waals surface area (Å²) in [5.74, 6) is 0.422. The minimum absolute atomic E-state index is 0.0754. The van der Waals surface area contributed by atoms with E-state index in [-0.39, 0.29) is 18.1 Å². The summed E-state index contributed by atoms with van der Waals surface area (Å²) in [7, 11) is 1.64. The zero-order valence-corrected chi connectivity index (χ0v) is 13.4. The molecule has 1 saturated heterocycles. The van der Waals surface area contributed by atoms with E-state index in [0.717, 1.165) is 38.6 Å². The molecule has 122 valence electrons. The molecule has 5 nitrogen and oxygen atoms in total. The molecule has 1 aliphatic heterocycles. The van der Waals surface area contributed by atoms with Gasteiger partial charge in [-0.1, -0.05) is 12.8 Å². The van der Waals surface area contributed by atoms with E-state index < -0.39 is 0 Å².